The second-order valence-electron chi connectivity index (χ2n) is 5.26. The van der Waals surface area contributed by atoms with Crippen LogP contribution < -0.4 is 10.6 Å². The summed E-state index contributed by atoms with van der Waals surface area (Å²) in [7, 11) is 0. The number of nitro benzene ring substituents is 1. The number of nitro groups is 1. The molecule has 0 bridgehead atoms. The second-order valence-corrected chi connectivity index (χ2v) is 5.26. The number of anilines is 1. The van der Waals surface area contributed by atoms with Crippen molar-refractivity contribution in [3.8, 4) is 0 Å². The molecule has 0 spiro atoms. The lowest BCUT2D eigenvalue weighted by molar-refractivity contribution is -0.384. The highest BCUT2D eigenvalue weighted by Crippen LogP contribution is 2.33. The van der Waals surface area contributed by atoms with E-state index in [1.165, 1.54) is 37.3 Å². The average molecular weight is 353 g/mol. The van der Waals surface area contributed by atoms with Crippen LogP contribution in [0, 0.1) is 17.0 Å². The fourth-order valence-corrected chi connectivity index (χ4v) is 2.14. The second kappa shape index (κ2) is 7.20. The Labute approximate surface area is 140 Å². The van der Waals surface area contributed by atoms with Gasteiger partial charge in [-0.25, -0.2) is 4.79 Å². The molecule has 2 rings (SSSR count). The van der Waals surface area contributed by atoms with Crippen molar-refractivity contribution in [1.82, 2.24) is 5.32 Å². The molecule has 2 aromatic carbocycles. The first-order valence-electron chi connectivity index (χ1n) is 7.13. The summed E-state index contributed by atoms with van der Waals surface area (Å²) in [4.78, 5) is 21.9. The van der Waals surface area contributed by atoms with Gasteiger partial charge in [-0.3, -0.25) is 10.1 Å². The van der Waals surface area contributed by atoms with Crippen LogP contribution in [0.1, 0.15) is 16.7 Å². The summed E-state index contributed by atoms with van der Waals surface area (Å²) < 4.78 is 38.6. The van der Waals surface area contributed by atoms with E-state index in [1.807, 2.05) is 0 Å². The van der Waals surface area contributed by atoms with Gasteiger partial charge in [-0.1, -0.05) is 18.2 Å². The molecule has 0 aliphatic rings. The zero-order chi connectivity index (χ0) is 18.6. The normalized spacial score (nSPS) is 11.0. The van der Waals surface area contributed by atoms with Gasteiger partial charge >= 0.3 is 12.2 Å². The fraction of sp³-hybridized carbons (Fsp3) is 0.188. The molecule has 2 N–H and O–H groups in total. The molecular formula is C16H14F3N3O3. The van der Waals surface area contributed by atoms with Crippen LogP contribution in [0.2, 0.25) is 0 Å². The van der Waals surface area contributed by atoms with Crippen molar-refractivity contribution >= 4 is 17.4 Å². The zero-order valence-electron chi connectivity index (χ0n) is 13.1. The molecule has 132 valence electrons. The fourth-order valence-electron chi connectivity index (χ4n) is 2.14. The maximum absolute atomic E-state index is 12.9. The van der Waals surface area contributed by atoms with Crippen molar-refractivity contribution < 1.29 is 22.9 Å². The Morgan fingerprint density at radius 1 is 1.20 bits per heavy atom. The van der Waals surface area contributed by atoms with Crippen molar-refractivity contribution in [1.29, 1.82) is 0 Å². The molecule has 6 nitrogen and oxygen atoms in total. The predicted molar refractivity (Wildman–Crippen MR) is 85.1 cm³/mol. The summed E-state index contributed by atoms with van der Waals surface area (Å²) >= 11 is 0. The number of alkyl halides is 3. The smallest absolute Gasteiger partial charge is 0.334 e. The lowest BCUT2D eigenvalue weighted by atomic mass is 10.1. The van der Waals surface area contributed by atoms with Crippen LogP contribution >= 0.6 is 0 Å². The van der Waals surface area contributed by atoms with Gasteiger partial charge in [-0.15, -0.1) is 0 Å². The Balaban J connectivity index is 2.01. The van der Waals surface area contributed by atoms with Gasteiger partial charge in [0.2, 0.25) is 0 Å². The summed E-state index contributed by atoms with van der Waals surface area (Å²) in [6.07, 6.45) is -4.51. The van der Waals surface area contributed by atoms with Crippen LogP contribution in [0.3, 0.4) is 0 Å². The van der Waals surface area contributed by atoms with Crippen LogP contribution in [0.25, 0.3) is 0 Å². The molecule has 0 atom stereocenters. The number of halogens is 3. The van der Waals surface area contributed by atoms with Gasteiger partial charge in [0.05, 0.1) is 10.5 Å². The summed E-state index contributed by atoms with van der Waals surface area (Å²) in [5.74, 6) is 0. The minimum absolute atomic E-state index is 0.00512. The number of aryl methyl sites for hydroxylation is 1. The van der Waals surface area contributed by atoms with Crippen LogP contribution in [0.15, 0.2) is 42.5 Å². The van der Waals surface area contributed by atoms with E-state index in [0.717, 1.165) is 6.07 Å². The standard InChI is InChI=1S/C16H14F3N3O3/c1-10-5-6-12(8-14(10)16(17,18)19)21-15(23)20-9-11-3-2-4-13(7-11)22(24)25/h2-8H,9H2,1H3,(H2,20,21,23). The molecule has 0 saturated heterocycles. The Hall–Kier alpha value is -3.10. The van der Waals surface area contributed by atoms with Crippen molar-refractivity contribution in [3.63, 3.8) is 0 Å². The topological polar surface area (TPSA) is 84.3 Å². The monoisotopic (exact) mass is 353 g/mol. The van der Waals surface area contributed by atoms with Crippen molar-refractivity contribution in [2.75, 3.05) is 5.32 Å². The number of hydrogen-bond acceptors (Lipinski definition) is 3. The Morgan fingerprint density at radius 3 is 2.56 bits per heavy atom. The number of non-ortho nitro benzene ring substituents is 1. The lowest BCUT2D eigenvalue weighted by Crippen LogP contribution is -2.28. The van der Waals surface area contributed by atoms with Gasteiger partial charge in [0.15, 0.2) is 0 Å². The molecule has 0 aliphatic heterocycles. The maximum atomic E-state index is 12.9. The number of benzene rings is 2. The van der Waals surface area contributed by atoms with E-state index in [2.05, 4.69) is 10.6 Å². The number of nitrogens with zero attached hydrogens (tertiary/aromatic N) is 1. The SMILES string of the molecule is Cc1ccc(NC(=O)NCc2cccc([N+](=O)[O-])c2)cc1C(F)(F)F. The van der Waals surface area contributed by atoms with E-state index < -0.39 is 22.7 Å². The third-order valence-corrected chi connectivity index (χ3v) is 3.38. The van der Waals surface area contributed by atoms with Crippen LogP contribution in [-0.2, 0) is 12.7 Å². The van der Waals surface area contributed by atoms with E-state index >= 15 is 0 Å². The zero-order valence-corrected chi connectivity index (χ0v) is 13.1. The van der Waals surface area contributed by atoms with E-state index in [9.17, 15) is 28.1 Å². The van der Waals surface area contributed by atoms with E-state index in [0.29, 0.717) is 5.56 Å². The molecule has 0 fully saturated rings. The number of urea groups is 1. The molecule has 2 aromatic rings. The molecule has 0 unspecified atom stereocenters. The summed E-state index contributed by atoms with van der Waals surface area (Å²) in [6.45, 7) is 1.32. The molecule has 0 radical (unpaired) electrons. The number of rotatable bonds is 4. The highest BCUT2D eigenvalue weighted by molar-refractivity contribution is 5.89. The Morgan fingerprint density at radius 2 is 1.92 bits per heavy atom. The summed E-state index contributed by atoms with van der Waals surface area (Å²) in [5.41, 5.74) is -0.411. The molecule has 2 amide bonds. The van der Waals surface area contributed by atoms with Crippen molar-refractivity contribution in [2.24, 2.45) is 0 Å². The molecule has 0 heterocycles. The largest absolute Gasteiger partial charge is 0.416 e. The average Bonchev–Trinajstić information content (AvgIpc) is 2.54. The highest BCUT2D eigenvalue weighted by Gasteiger charge is 2.32. The van der Waals surface area contributed by atoms with Gasteiger partial charge in [0, 0.05) is 24.4 Å². The van der Waals surface area contributed by atoms with E-state index in [-0.39, 0.29) is 23.5 Å². The van der Waals surface area contributed by atoms with Gasteiger partial charge < -0.3 is 10.6 Å². The molecule has 0 aliphatic carbocycles. The first kappa shape index (κ1) is 18.2. The first-order valence-corrected chi connectivity index (χ1v) is 7.13. The van der Waals surface area contributed by atoms with Crippen LogP contribution in [0.4, 0.5) is 29.3 Å². The van der Waals surface area contributed by atoms with Gasteiger partial charge in [-0.05, 0) is 30.2 Å². The van der Waals surface area contributed by atoms with Gasteiger partial charge in [-0.2, -0.15) is 13.2 Å². The Bertz CT molecular complexity index is 807. The Kier molecular flexibility index (Phi) is 5.26. The lowest BCUT2D eigenvalue weighted by Gasteiger charge is -2.13. The quantitative estimate of drug-likeness (QED) is 0.637. The maximum Gasteiger partial charge on any atom is 0.416 e. The van der Waals surface area contributed by atoms with Crippen molar-refractivity contribution in [3.05, 3.63) is 69.3 Å². The number of nitrogens with one attached hydrogen (secondary N) is 2. The van der Waals surface area contributed by atoms with Crippen LogP contribution in [0.5, 0.6) is 0 Å². The van der Waals surface area contributed by atoms with Gasteiger partial charge in [0.25, 0.3) is 5.69 Å². The molecule has 0 saturated carbocycles. The summed E-state index contributed by atoms with van der Waals surface area (Å²) in [5, 5.41) is 15.4. The van der Waals surface area contributed by atoms with Gasteiger partial charge in [0.1, 0.15) is 0 Å². The summed E-state index contributed by atoms with van der Waals surface area (Å²) in [6, 6.07) is 8.42. The van der Waals surface area contributed by atoms with Crippen LogP contribution in [-0.4, -0.2) is 11.0 Å². The number of carbonyl (C=O) groups excluding carboxylic acids is 1. The molecular weight excluding hydrogens is 339 g/mol. The molecule has 0 aromatic heterocycles. The third kappa shape index (κ3) is 4.93. The minimum atomic E-state index is -4.51. The molecule has 25 heavy (non-hydrogen) atoms. The predicted octanol–water partition coefficient (Wildman–Crippen LogP) is 4.24. The van der Waals surface area contributed by atoms with E-state index in [4.69, 9.17) is 0 Å². The third-order valence-electron chi connectivity index (χ3n) is 3.38. The van der Waals surface area contributed by atoms with Crippen molar-refractivity contribution in [2.45, 2.75) is 19.6 Å². The number of amides is 2. The number of carbonyl (C=O) groups is 1. The number of hydrogen-bond donors (Lipinski definition) is 2. The van der Waals surface area contributed by atoms with E-state index in [1.54, 1.807) is 6.07 Å². The minimum Gasteiger partial charge on any atom is -0.334 e. The first-order chi connectivity index (χ1) is 11.7. The molecule has 9 heteroatoms. The highest BCUT2D eigenvalue weighted by atomic mass is 19.4.